The number of rotatable bonds is 10. The van der Waals surface area contributed by atoms with Crippen LogP contribution in [0.2, 0.25) is 10.0 Å². The number of hydrogen-bond donors (Lipinski definition) is 2. The number of likely N-dealkylation sites (tertiary alicyclic amines) is 1. The van der Waals surface area contributed by atoms with E-state index in [9.17, 15) is 9.59 Å². The third kappa shape index (κ3) is 6.59. The minimum Gasteiger partial charge on any atom is -0.379 e. The number of halogens is 2. The van der Waals surface area contributed by atoms with Crippen molar-refractivity contribution in [3.8, 4) is 0 Å². The summed E-state index contributed by atoms with van der Waals surface area (Å²) >= 11 is 14.1. The van der Waals surface area contributed by atoms with Gasteiger partial charge in [0.05, 0.1) is 25.7 Å². The Morgan fingerprint density at radius 3 is 2.60 bits per heavy atom. The van der Waals surface area contributed by atoms with Crippen LogP contribution in [0.25, 0.3) is 10.9 Å². The zero-order valence-electron chi connectivity index (χ0n) is 23.7. The number of H-pyrrole nitrogens is 1. The quantitative estimate of drug-likeness (QED) is 0.199. The standard InChI is InChI=1S/C33H34Cl2N4O3S/c34-24-7-4-6-23(18-24)22-39-30(40)20-33(43-26-8-2-1-3-9-26,32(41)36-12-5-13-38-14-16-42-17-15-38)31(39)28-21-37-29-19-25(35)10-11-27(28)29/h1-4,6-11,18-19,21,31,37H,5,12-17,20,22H2,(H,36,41). The molecule has 2 unspecified atom stereocenters. The number of nitrogens with zero attached hydrogens (tertiary/aromatic N) is 2. The Kier molecular flexibility index (Phi) is 9.31. The van der Waals surface area contributed by atoms with Crippen LogP contribution in [0.3, 0.4) is 0 Å². The molecule has 0 spiro atoms. The highest BCUT2D eigenvalue weighted by molar-refractivity contribution is 8.01. The van der Waals surface area contributed by atoms with Gasteiger partial charge in [-0.1, -0.05) is 59.6 Å². The normalized spacial score (nSPS) is 21.0. The van der Waals surface area contributed by atoms with E-state index in [0.717, 1.165) is 66.2 Å². The van der Waals surface area contributed by atoms with Gasteiger partial charge in [0.25, 0.3) is 0 Å². The monoisotopic (exact) mass is 636 g/mol. The van der Waals surface area contributed by atoms with Crippen molar-refractivity contribution in [1.29, 1.82) is 0 Å². The number of carbonyl (C=O) groups is 2. The number of aromatic nitrogens is 1. The predicted molar refractivity (Wildman–Crippen MR) is 173 cm³/mol. The van der Waals surface area contributed by atoms with Gasteiger partial charge in [0.2, 0.25) is 11.8 Å². The van der Waals surface area contributed by atoms with Crippen molar-refractivity contribution in [3.05, 3.63) is 100 Å². The molecule has 0 aliphatic carbocycles. The van der Waals surface area contributed by atoms with Crippen LogP contribution in [0.15, 0.2) is 83.9 Å². The molecule has 0 bridgehead atoms. The number of ether oxygens (including phenoxy) is 1. The van der Waals surface area contributed by atoms with E-state index in [1.54, 1.807) is 0 Å². The molecule has 6 rings (SSSR count). The number of hydrogen-bond acceptors (Lipinski definition) is 5. The molecule has 3 heterocycles. The van der Waals surface area contributed by atoms with E-state index < -0.39 is 10.8 Å². The Bertz CT molecular complexity index is 1590. The maximum absolute atomic E-state index is 14.5. The Morgan fingerprint density at radius 2 is 1.81 bits per heavy atom. The van der Waals surface area contributed by atoms with Gasteiger partial charge in [-0.05, 0) is 54.9 Å². The Hall–Kier alpha value is -3.01. The predicted octanol–water partition coefficient (Wildman–Crippen LogP) is 6.32. The molecule has 3 aromatic carbocycles. The van der Waals surface area contributed by atoms with Crippen LogP contribution in [0, 0.1) is 0 Å². The summed E-state index contributed by atoms with van der Waals surface area (Å²) in [5.41, 5.74) is 2.64. The van der Waals surface area contributed by atoms with Crippen LogP contribution in [0.1, 0.15) is 30.0 Å². The van der Waals surface area contributed by atoms with Crippen LogP contribution in [0.5, 0.6) is 0 Å². The molecule has 224 valence electrons. The first-order chi connectivity index (χ1) is 20.9. The average molecular weight is 638 g/mol. The van der Waals surface area contributed by atoms with E-state index in [4.69, 9.17) is 27.9 Å². The minimum absolute atomic E-state index is 0.0629. The van der Waals surface area contributed by atoms with E-state index >= 15 is 0 Å². The van der Waals surface area contributed by atoms with Gasteiger partial charge < -0.3 is 19.9 Å². The zero-order chi connectivity index (χ0) is 29.8. The lowest BCUT2D eigenvalue weighted by atomic mass is 9.91. The second-order valence-electron chi connectivity index (χ2n) is 11.0. The second-order valence-corrected chi connectivity index (χ2v) is 13.3. The smallest absolute Gasteiger partial charge is 0.239 e. The fourth-order valence-electron chi connectivity index (χ4n) is 6.12. The highest BCUT2D eigenvalue weighted by Crippen LogP contribution is 2.54. The maximum Gasteiger partial charge on any atom is 0.239 e. The molecule has 7 nitrogen and oxygen atoms in total. The number of fused-ring (bicyclic) bond motifs is 1. The van der Waals surface area contributed by atoms with Gasteiger partial charge in [-0.25, -0.2) is 0 Å². The van der Waals surface area contributed by atoms with Crippen LogP contribution >= 0.6 is 35.0 Å². The molecule has 2 aliphatic heterocycles. The van der Waals surface area contributed by atoms with Crippen LogP contribution < -0.4 is 5.32 Å². The summed E-state index contributed by atoms with van der Waals surface area (Å²) in [6.45, 7) is 5.02. The molecule has 2 amide bonds. The number of nitrogens with one attached hydrogen (secondary N) is 2. The molecule has 2 aliphatic rings. The van der Waals surface area contributed by atoms with Crippen LogP contribution in [-0.2, 0) is 20.9 Å². The average Bonchev–Trinajstić information content (AvgIpc) is 3.53. The molecular weight excluding hydrogens is 603 g/mol. The summed E-state index contributed by atoms with van der Waals surface area (Å²) in [7, 11) is 0. The van der Waals surface area contributed by atoms with E-state index in [0.29, 0.717) is 23.1 Å². The molecule has 2 fully saturated rings. The van der Waals surface area contributed by atoms with Gasteiger partial charge in [0, 0.05) is 63.8 Å². The molecule has 4 aromatic rings. The van der Waals surface area contributed by atoms with Gasteiger partial charge in [-0.15, -0.1) is 11.8 Å². The molecular formula is C33H34Cl2N4O3S. The summed E-state index contributed by atoms with van der Waals surface area (Å²) in [6, 6.07) is 22.5. The highest BCUT2D eigenvalue weighted by Gasteiger charge is 2.58. The van der Waals surface area contributed by atoms with Crippen molar-refractivity contribution in [1.82, 2.24) is 20.1 Å². The first-order valence-electron chi connectivity index (χ1n) is 14.6. The van der Waals surface area contributed by atoms with Crippen molar-refractivity contribution in [3.63, 3.8) is 0 Å². The van der Waals surface area contributed by atoms with Gasteiger partial charge >= 0.3 is 0 Å². The molecule has 43 heavy (non-hydrogen) atoms. The van der Waals surface area contributed by atoms with Crippen molar-refractivity contribution in [2.75, 3.05) is 39.4 Å². The fraction of sp³-hybridized carbons (Fsp3) is 0.333. The number of amides is 2. The molecule has 0 saturated carbocycles. The highest BCUT2D eigenvalue weighted by atomic mass is 35.5. The van der Waals surface area contributed by atoms with Crippen molar-refractivity contribution in [2.24, 2.45) is 0 Å². The van der Waals surface area contributed by atoms with Gasteiger partial charge in [-0.3, -0.25) is 14.5 Å². The summed E-state index contributed by atoms with van der Waals surface area (Å²) in [5.74, 6) is -0.223. The lowest BCUT2D eigenvalue weighted by Crippen LogP contribution is -2.48. The Labute approximate surface area is 265 Å². The summed E-state index contributed by atoms with van der Waals surface area (Å²) < 4.78 is 4.35. The number of benzene rings is 3. The van der Waals surface area contributed by atoms with Crippen molar-refractivity contribution >= 4 is 57.7 Å². The lowest BCUT2D eigenvalue weighted by Gasteiger charge is -2.36. The Morgan fingerprint density at radius 1 is 1.02 bits per heavy atom. The van der Waals surface area contributed by atoms with Gasteiger partial charge in [-0.2, -0.15) is 0 Å². The zero-order valence-corrected chi connectivity index (χ0v) is 26.1. The molecule has 2 N–H and O–H groups in total. The summed E-state index contributed by atoms with van der Waals surface area (Å²) in [6.07, 6.45) is 2.79. The number of thioether (sulfide) groups is 1. The van der Waals surface area contributed by atoms with Gasteiger partial charge in [0.1, 0.15) is 4.75 Å². The van der Waals surface area contributed by atoms with Crippen LogP contribution in [0.4, 0.5) is 0 Å². The summed E-state index contributed by atoms with van der Waals surface area (Å²) in [4.78, 5) is 37.0. The SMILES string of the molecule is O=C1CC(Sc2ccccc2)(C(=O)NCCCN2CCOCC2)C(c2c[nH]c3cc(Cl)ccc23)N1Cc1cccc(Cl)c1. The first kappa shape index (κ1) is 30.0. The number of aromatic amines is 1. The van der Waals surface area contributed by atoms with Crippen molar-refractivity contribution in [2.45, 2.75) is 35.1 Å². The number of morpholine rings is 1. The Balaban J connectivity index is 1.38. The fourth-order valence-corrected chi connectivity index (χ4v) is 7.94. The van der Waals surface area contributed by atoms with E-state index in [-0.39, 0.29) is 18.2 Å². The van der Waals surface area contributed by atoms with E-state index in [1.165, 1.54) is 11.8 Å². The first-order valence-corrected chi connectivity index (χ1v) is 16.1. The van der Waals surface area contributed by atoms with Crippen molar-refractivity contribution < 1.29 is 14.3 Å². The van der Waals surface area contributed by atoms with E-state index in [1.807, 2.05) is 83.9 Å². The second kappa shape index (κ2) is 13.3. The molecule has 0 radical (unpaired) electrons. The van der Waals surface area contributed by atoms with Crippen LogP contribution in [-0.4, -0.2) is 70.7 Å². The largest absolute Gasteiger partial charge is 0.379 e. The molecule has 2 saturated heterocycles. The third-order valence-electron chi connectivity index (χ3n) is 8.17. The minimum atomic E-state index is -1.12. The maximum atomic E-state index is 14.5. The topological polar surface area (TPSA) is 77.7 Å². The van der Waals surface area contributed by atoms with Gasteiger partial charge in [0.15, 0.2) is 0 Å². The number of carbonyl (C=O) groups excluding carboxylic acids is 2. The molecule has 1 aromatic heterocycles. The molecule has 10 heteroatoms. The lowest BCUT2D eigenvalue weighted by molar-refractivity contribution is -0.129. The van der Waals surface area contributed by atoms with E-state index in [2.05, 4.69) is 15.2 Å². The third-order valence-corrected chi connectivity index (χ3v) is 10.1. The molecule has 2 atom stereocenters. The summed E-state index contributed by atoms with van der Waals surface area (Å²) in [5, 5.41) is 5.38.